The minimum atomic E-state index is -0.153. The molecule has 0 fully saturated rings. The van der Waals surface area contributed by atoms with E-state index in [2.05, 4.69) is 25.5 Å². The number of amides is 1. The maximum atomic E-state index is 12.0. The van der Waals surface area contributed by atoms with Gasteiger partial charge in [-0.2, -0.15) is 5.10 Å². The molecule has 20 heavy (non-hydrogen) atoms. The monoisotopic (exact) mass is 270 g/mol. The molecule has 1 aromatic carbocycles. The zero-order chi connectivity index (χ0) is 13.9. The van der Waals surface area contributed by atoms with Crippen molar-refractivity contribution in [1.29, 1.82) is 0 Å². The third-order valence-corrected chi connectivity index (χ3v) is 3.00. The maximum Gasteiger partial charge on any atom is 0.267 e. The van der Waals surface area contributed by atoms with E-state index >= 15 is 0 Å². The standard InChI is InChI=1S/C13H14N6O/c14-9-1-2-10-8(5-9)6-11(18-10)13(20)15-4-3-12-16-7-17-19-12/h1-2,5-7,18H,3-4,14H2,(H,15,20)(H,16,17,19). The van der Waals surface area contributed by atoms with Gasteiger partial charge >= 0.3 is 0 Å². The highest BCUT2D eigenvalue weighted by molar-refractivity contribution is 5.98. The molecule has 0 aliphatic rings. The lowest BCUT2D eigenvalue weighted by atomic mass is 10.2. The van der Waals surface area contributed by atoms with E-state index in [1.54, 1.807) is 12.1 Å². The number of carbonyl (C=O) groups is 1. The summed E-state index contributed by atoms with van der Waals surface area (Å²) < 4.78 is 0. The molecule has 0 aliphatic heterocycles. The number of anilines is 1. The molecule has 1 amide bonds. The van der Waals surface area contributed by atoms with Gasteiger partial charge in [0.25, 0.3) is 5.91 Å². The van der Waals surface area contributed by atoms with Crippen molar-refractivity contribution in [1.82, 2.24) is 25.5 Å². The van der Waals surface area contributed by atoms with Gasteiger partial charge in [0.2, 0.25) is 0 Å². The number of aromatic nitrogens is 4. The predicted molar refractivity (Wildman–Crippen MR) is 75.1 cm³/mol. The van der Waals surface area contributed by atoms with Gasteiger partial charge in [0.15, 0.2) is 0 Å². The minimum absolute atomic E-state index is 0.153. The summed E-state index contributed by atoms with van der Waals surface area (Å²) in [4.78, 5) is 19.1. The molecule has 7 nitrogen and oxygen atoms in total. The number of aromatic amines is 2. The van der Waals surface area contributed by atoms with Crippen LogP contribution in [0, 0.1) is 0 Å². The summed E-state index contributed by atoms with van der Waals surface area (Å²) in [5, 5.41) is 10.2. The fourth-order valence-electron chi connectivity index (χ4n) is 2.01. The number of H-pyrrole nitrogens is 2. The van der Waals surface area contributed by atoms with Gasteiger partial charge in [0.1, 0.15) is 17.8 Å². The largest absolute Gasteiger partial charge is 0.399 e. The first-order chi connectivity index (χ1) is 9.72. The van der Waals surface area contributed by atoms with Crippen molar-refractivity contribution < 1.29 is 4.79 Å². The van der Waals surface area contributed by atoms with E-state index in [9.17, 15) is 4.79 Å². The van der Waals surface area contributed by atoms with Crippen LogP contribution in [0.2, 0.25) is 0 Å². The molecular weight excluding hydrogens is 256 g/mol. The van der Waals surface area contributed by atoms with Crippen LogP contribution in [0.15, 0.2) is 30.6 Å². The van der Waals surface area contributed by atoms with Crippen molar-refractivity contribution in [3.63, 3.8) is 0 Å². The number of nitrogens with two attached hydrogens (primary N) is 1. The summed E-state index contributed by atoms with van der Waals surface area (Å²) >= 11 is 0. The number of nitrogens with one attached hydrogen (secondary N) is 3. The van der Waals surface area contributed by atoms with Crippen LogP contribution in [-0.4, -0.2) is 32.6 Å². The Kier molecular flexibility index (Phi) is 3.08. The first-order valence-corrected chi connectivity index (χ1v) is 6.23. The van der Waals surface area contributed by atoms with Crippen molar-refractivity contribution in [2.45, 2.75) is 6.42 Å². The second kappa shape index (κ2) is 5.04. The molecule has 0 bridgehead atoms. The van der Waals surface area contributed by atoms with Crippen LogP contribution in [0.4, 0.5) is 5.69 Å². The topological polar surface area (TPSA) is 112 Å². The molecule has 2 heterocycles. The van der Waals surface area contributed by atoms with Crippen LogP contribution in [-0.2, 0) is 6.42 Å². The Hall–Kier alpha value is -2.83. The Morgan fingerprint density at radius 2 is 2.25 bits per heavy atom. The van der Waals surface area contributed by atoms with Crippen LogP contribution < -0.4 is 11.1 Å². The Morgan fingerprint density at radius 3 is 3.05 bits per heavy atom. The summed E-state index contributed by atoms with van der Waals surface area (Å²) in [5.41, 5.74) is 7.79. The van der Waals surface area contributed by atoms with Gasteiger partial charge < -0.3 is 16.0 Å². The SMILES string of the molecule is Nc1ccc2[nH]c(C(=O)NCCc3ncn[nH]3)cc2c1. The van der Waals surface area contributed by atoms with E-state index in [4.69, 9.17) is 5.73 Å². The van der Waals surface area contributed by atoms with E-state index < -0.39 is 0 Å². The zero-order valence-electron chi connectivity index (χ0n) is 10.7. The summed E-state index contributed by atoms with van der Waals surface area (Å²) in [6.45, 7) is 0.492. The molecule has 0 radical (unpaired) electrons. The molecular formula is C13H14N6O. The molecule has 0 aliphatic carbocycles. The van der Waals surface area contributed by atoms with Crippen LogP contribution in [0.5, 0.6) is 0 Å². The number of fused-ring (bicyclic) bond motifs is 1. The highest BCUT2D eigenvalue weighted by Gasteiger charge is 2.09. The molecule has 0 spiro atoms. The van der Waals surface area contributed by atoms with Crippen molar-refractivity contribution in [2.24, 2.45) is 0 Å². The van der Waals surface area contributed by atoms with E-state index in [1.807, 2.05) is 12.1 Å². The van der Waals surface area contributed by atoms with Gasteiger partial charge in [-0.3, -0.25) is 9.89 Å². The minimum Gasteiger partial charge on any atom is -0.399 e. The number of benzene rings is 1. The number of carbonyl (C=O) groups excluding carboxylic acids is 1. The lowest BCUT2D eigenvalue weighted by molar-refractivity contribution is 0.0950. The van der Waals surface area contributed by atoms with Gasteiger partial charge in [0, 0.05) is 29.6 Å². The quantitative estimate of drug-likeness (QED) is 0.526. The molecule has 2 aromatic heterocycles. The second-order valence-electron chi connectivity index (χ2n) is 4.47. The summed E-state index contributed by atoms with van der Waals surface area (Å²) in [6.07, 6.45) is 2.05. The van der Waals surface area contributed by atoms with Gasteiger partial charge in [0.05, 0.1) is 0 Å². The first kappa shape index (κ1) is 12.2. The molecule has 102 valence electrons. The van der Waals surface area contributed by atoms with Crippen LogP contribution in [0.1, 0.15) is 16.3 Å². The summed E-state index contributed by atoms with van der Waals surface area (Å²) in [5.74, 6) is 0.592. The molecule has 0 unspecified atom stereocenters. The summed E-state index contributed by atoms with van der Waals surface area (Å²) in [7, 11) is 0. The third kappa shape index (κ3) is 2.46. The number of hydrogen-bond donors (Lipinski definition) is 4. The molecule has 5 N–H and O–H groups in total. The normalized spacial score (nSPS) is 10.8. The number of nitrogen functional groups attached to an aromatic ring is 1. The Balaban J connectivity index is 1.66. The molecule has 3 aromatic rings. The van der Waals surface area contributed by atoms with Crippen LogP contribution >= 0.6 is 0 Å². The van der Waals surface area contributed by atoms with Crippen LogP contribution in [0.3, 0.4) is 0 Å². The first-order valence-electron chi connectivity index (χ1n) is 6.23. The van der Waals surface area contributed by atoms with Crippen molar-refractivity contribution in [3.05, 3.63) is 42.1 Å². The molecule has 3 rings (SSSR count). The number of nitrogens with zero attached hydrogens (tertiary/aromatic N) is 2. The smallest absolute Gasteiger partial charge is 0.267 e. The second-order valence-corrected chi connectivity index (χ2v) is 4.47. The van der Waals surface area contributed by atoms with Gasteiger partial charge in [-0.1, -0.05) is 0 Å². The summed E-state index contributed by atoms with van der Waals surface area (Å²) in [6, 6.07) is 7.27. The fourth-order valence-corrected chi connectivity index (χ4v) is 2.01. The average molecular weight is 270 g/mol. The Bertz CT molecular complexity index is 730. The van der Waals surface area contributed by atoms with Crippen molar-refractivity contribution >= 4 is 22.5 Å². The molecule has 0 saturated heterocycles. The lowest BCUT2D eigenvalue weighted by Gasteiger charge is -2.01. The van der Waals surface area contributed by atoms with Gasteiger partial charge in [-0.25, -0.2) is 4.98 Å². The van der Waals surface area contributed by atoms with E-state index in [0.717, 1.165) is 16.7 Å². The average Bonchev–Trinajstić information content (AvgIpc) is 3.06. The predicted octanol–water partition coefficient (Wildman–Crippen LogP) is 0.841. The highest BCUT2D eigenvalue weighted by Crippen LogP contribution is 2.18. The van der Waals surface area contributed by atoms with Crippen LogP contribution in [0.25, 0.3) is 10.9 Å². The van der Waals surface area contributed by atoms with E-state index in [0.29, 0.717) is 24.3 Å². The molecule has 7 heteroatoms. The van der Waals surface area contributed by atoms with Gasteiger partial charge in [-0.05, 0) is 24.3 Å². The van der Waals surface area contributed by atoms with Crippen molar-refractivity contribution in [2.75, 3.05) is 12.3 Å². The fraction of sp³-hybridized carbons (Fsp3) is 0.154. The van der Waals surface area contributed by atoms with Gasteiger partial charge in [-0.15, -0.1) is 0 Å². The maximum absolute atomic E-state index is 12.0. The van der Waals surface area contributed by atoms with Crippen molar-refractivity contribution in [3.8, 4) is 0 Å². The number of hydrogen-bond acceptors (Lipinski definition) is 4. The highest BCUT2D eigenvalue weighted by atomic mass is 16.1. The molecule has 0 saturated carbocycles. The zero-order valence-corrected chi connectivity index (χ0v) is 10.7. The van der Waals surface area contributed by atoms with E-state index in [-0.39, 0.29) is 5.91 Å². The number of rotatable bonds is 4. The molecule has 0 atom stereocenters. The lowest BCUT2D eigenvalue weighted by Crippen LogP contribution is -2.26. The van der Waals surface area contributed by atoms with E-state index in [1.165, 1.54) is 6.33 Å². The Labute approximate surface area is 114 Å². The Morgan fingerprint density at radius 1 is 1.35 bits per heavy atom. The third-order valence-electron chi connectivity index (χ3n) is 3.00.